The molecular formula is C16H17BrO. The van der Waals surface area contributed by atoms with Crippen LogP contribution in [0.15, 0.2) is 53.0 Å². The van der Waals surface area contributed by atoms with E-state index in [1.165, 1.54) is 11.1 Å². The van der Waals surface area contributed by atoms with Crippen molar-refractivity contribution >= 4 is 15.9 Å². The van der Waals surface area contributed by atoms with Crippen molar-refractivity contribution in [3.63, 3.8) is 0 Å². The topological polar surface area (TPSA) is 9.23 Å². The minimum atomic E-state index is -0.154. The average Bonchev–Trinajstić information content (AvgIpc) is 2.29. The predicted octanol–water partition coefficient (Wildman–Crippen LogP) is 5.29. The summed E-state index contributed by atoms with van der Waals surface area (Å²) in [6.07, 6.45) is 0. The molecule has 2 aromatic rings. The second-order valence-corrected chi connectivity index (χ2v) is 6.16. The van der Waals surface area contributed by atoms with Crippen molar-refractivity contribution in [2.24, 2.45) is 0 Å². The van der Waals surface area contributed by atoms with Gasteiger partial charge in [0.05, 0.1) is 0 Å². The average molecular weight is 305 g/mol. The zero-order chi connectivity index (χ0) is 13.2. The minimum absolute atomic E-state index is 0.154. The monoisotopic (exact) mass is 304 g/mol. The maximum atomic E-state index is 5.80. The van der Waals surface area contributed by atoms with Gasteiger partial charge in [0.2, 0.25) is 0 Å². The van der Waals surface area contributed by atoms with Gasteiger partial charge in [-0.25, -0.2) is 0 Å². The van der Waals surface area contributed by atoms with Crippen LogP contribution in [0.3, 0.4) is 0 Å². The summed E-state index contributed by atoms with van der Waals surface area (Å²) in [6, 6.07) is 16.5. The van der Waals surface area contributed by atoms with Gasteiger partial charge < -0.3 is 4.74 Å². The fourth-order valence-electron chi connectivity index (χ4n) is 1.71. The molecule has 2 heteroatoms. The molecule has 0 aliphatic rings. The molecule has 0 saturated carbocycles. The number of ether oxygens (including phenoxy) is 1. The normalized spacial score (nSPS) is 11.3. The molecular weight excluding hydrogens is 288 g/mol. The van der Waals surface area contributed by atoms with Crippen LogP contribution in [0.4, 0.5) is 0 Å². The lowest BCUT2D eigenvalue weighted by atomic mass is 10.1. The van der Waals surface area contributed by atoms with Gasteiger partial charge in [-0.3, -0.25) is 0 Å². The van der Waals surface area contributed by atoms with E-state index in [1.807, 2.05) is 12.1 Å². The third-order valence-corrected chi connectivity index (χ3v) is 2.98. The summed E-state index contributed by atoms with van der Waals surface area (Å²) in [7, 11) is 0. The summed E-state index contributed by atoms with van der Waals surface area (Å²) in [6.45, 7) is 6.15. The first-order valence-electron chi connectivity index (χ1n) is 5.99. The zero-order valence-electron chi connectivity index (χ0n) is 10.9. The molecule has 0 N–H and O–H groups in total. The number of hydrogen-bond donors (Lipinski definition) is 0. The molecule has 0 heterocycles. The second-order valence-electron chi connectivity index (χ2n) is 5.25. The van der Waals surface area contributed by atoms with Crippen LogP contribution in [-0.4, -0.2) is 5.60 Å². The Bertz CT molecular complexity index is 506. The summed E-state index contributed by atoms with van der Waals surface area (Å²) in [5.74, 6) is 0.906. The Balaban J connectivity index is 2.20. The molecule has 0 radical (unpaired) electrons. The summed E-state index contributed by atoms with van der Waals surface area (Å²) >= 11 is 3.44. The van der Waals surface area contributed by atoms with E-state index in [9.17, 15) is 0 Å². The molecule has 0 bridgehead atoms. The zero-order valence-corrected chi connectivity index (χ0v) is 12.5. The van der Waals surface area contributed by atoms with Crippen molar-refractivity contribution < 1.29 is 4.74 Å². The summed E-state index contributed by atoms with van der Waals surface area (Å²) < 4.78 is 6.90. The lowest BCUT2D eigenvalue weighted by Gasteiger charge is -2.21. The minimum Gasteiger partial charge on any atom is -0.488 e. The van der Waals surface area contributed by atoms with Crippen molar-refractivity contribution in [1.29, 1.82) is 0 Å². The van der Waals surface area contributed by atoms with Crippen molar-refractivity contribution in [2.75, 3.05) is 0 Å². The molecule has 0 amide bonds. The molecule has 94 valence electrons. The maximum Gasteiger partial charge on any atom is 0.120 e. The molecule has 0 aliphatic carbocycles. The van der Waals surface area contributed by atoms with Crippen LogP contribution in [0.1, 0.15) is 20.8 Å². The van der Waals surface area contributed by atoms with Crippen LogP contribution in [0, 0.1) is 0 Å². The van der Waals surface area contributed by atoms with E-state index in [0.717, 1.165) is 10.2 Å². The van der Waals surface area contributed by atoms with Crippen LogP contribution in [-0.2, 0) is 0 Å². The Labute approximate surface area is 117 Å². The summed E-state index contributed by atoms with van der Waals surface area (Å²) in [5.41, 5.74) is 2.25. The Morgan fingerprint density at radius 2 is 1.22 bits per heavy atom. The van der Waals surface area contributed by atoms with Gasteiger partial charge in [0.1, 0.15) is 11.4 Å². The first-order chi connectivity index (χ1) is 8.44. The highest BCUT2D eigenvalue weighted by Crippen LogP contribution is 2.25. The molecule has 2 aromatic carbocycles. The van der Waals surface area contributed by atoms with E-state index < -0.39 is 0 Å². The summed E-state index contributed by atoms with van der Waals surface area (Å²) in [5, 5.41) is 0. The molecule has 0 spiro atoms. The number of hydrogen-bond acceptors (Lipinski definition) is 1. The Morgan fingerprint density at radius 3 is 1.67 bits per heavy atom. The molecule has 0 aromatic heterocycles. The van der Waals surface area contributed by atoms with Gasteiger partial charge in [-0.2, -0.15) is 0 Å². The SMILES string of the molecule is CC(C)(C)Oc1ccc(-c2ccc(Br)cc2)cc1. The van der Waals surface area contributed by atoms with Gasteiger partial charge in [0.15, 0.2) is 0 Å². The van der Waals surface area contributed by atoms with E-state index in [1.54, 1.807) is 0 Å². The number of benzene rings is 2. The fraction of sp³-hybridized carbons (Fsp3) is 0.250. The highest BCUT2D eigenvalue weighted by atomic mass is 79.9. The van der Waals surface area contributed by atoms with Crippen molar-refractivity contribution in [1.82, 2.24) is 0 Å². The van der Waals surface area contributed by atoms with E-state index in [-0.39, 0.29) is 5.60 Å². The van der Waals surface area contributed by atoms with Gasteiger partial charge in [-0.05, 0) is 56.2 Å². The van der Waals surface area contributed by atoms with Crippen LogP contribution in [0.2, 0.25) is 0 Å². The molecule has 1 nitrogen and oxygen atoms in total. The number of rotatable bonds is 2. The molecule has 0 unspecified atom stereocenters. The quantitative estimate of drug-likeness (QED) is 0.732. The van der Waals surface area contributed by atoms with Crippen molar-refractivity contribution in [2.45, 2.75) is 26.4 Å². The molecule has 18 heavy (non-hydrogen) atoms. The fourth-order valence-corrected chi connectivity index (χ4v) is 1.98. The molecule has 0 aliphatic heterocycles. The highest BCUT2D eigenvalue weighted by Gasteiger charge is 2.11. The Kier molecular flexibility index (Phi) is 3.76. The van der Waals surface area contributed by atoms with Gasteiger partial charge >= 0.3 is 0 Å². The largest absolute Gasteiger partial charge is 0.488 e. The van der Waals surface area contributed by atoms with Crippen molar-refractivity contribution in [3.8, 4) is 16.9 Å². The van der Waals surface area contributed by atoms with Crippen LogP contribution in [0.5, 0.6) is 5.75 Å². The van der Waals surface area contributed by atoms with Gasteiger partial charge in [-0.15, -0.1) is 0 Å². The lowest BCUT2D eigenvalue weighted by molar-refractivity contribution is 0.131. The second kappa shape index (κ2) is 5.15. The highest BCUT2D eigenvalue weighted by molar-refractivity contribution is 9.10. The molecule has 2 rings (SSSR count). The summed E-state index contributed by atoms with van der Waals surface area (Å²) in [4.78, 5) is 0. The van der Waals surface area contributed by atoms with Crippen LogP contribution >= 0.6 is 15.9 Å². The molecule has 0 fully saturated rings. The van der Waals surface area contributed by atoms with Crippen molar-refractivity contribution in [3.05, 3.63) is 53.0 Å². The standard InChI is InChI=1S/C16H17BrO/c1-16(2,3)18-15-10-6-13(7-11-15)12-4-8-14(17)9-5-12/h4-11H,1-3H3. The third-order valence-electron chi connectivity index (χ3n) is 2.46. The molecule has 0 atom stereocenters. The van der Waals surface area contributed by atoms with E-state index in [2.05, 4.69) is 73.1 Å². The Morgan fingerprint density at radius 1 is 0.778 bits per heavy atom. The lowest BCUT2D eigenvalue weighted by Crippen LogP contribution is -2.22. The third kappa shape index (κ3) is 3.61. The van der Waals surface area contributed by atoms with Gasteiger partial charge in [-0.1, -0.05) is 40.2 Å². The number of halogens is 1. The predicted molar refractivity (Wildman–Crippen MR) is 80.0 cm³/mol. The van der Waals surface area contributed by atoms with Crippen LogP contribution in [0.25, 0.3) is 11.1 Å². The Hall–Kier alpha value is -1.28. The molecule has 0 saturated heterocycles. The van der Waals surface area contributed by atoms with E-state index in [4.69, 9.17) is 4.74 Å². The van der Waals surface area contributed by atoms with Crippen LogP contribution < -0.4 is 4.74 Å². The van der Waals surface area contributed by atoms with E-state index >= 15 is 0 Å². The van der Waals surface area contributed by atoms with Gasteiger partial charge in [0, 0.05) is 4.47 Å². The van der Waals surface area contributed by atoms with Gasteiger partial charge in [0.25, 0.3) is 0 Å². The van der Waals surface area contributed by atoms with E-state index in [0.29, 0.717) is 0 Å². The maximum absolute atomic E-state index is 5.80. The smallest absolute Gasteiger partial charge is 0.120 e. The first-order valence-corrected chi connectivity index (χ1v) is 6.78. The first kappa shape index (κ1) is 13.2.